The van der Waals surface area contributed by atoms with Gasteiger partial charge in [-0.1, -0.05) is 0 Å². The van der Waals surface area contributed by atoms with Crippen LogP contribution in [-0.2, 0) is 0 Å². The van der Waals surface area contributed by atoms with E-state index in [2.05, 4.69) is 20.5 Å². The maximum atomic E-state index is 11.9. The molecule has 2 rings (SSSR count). The number of halogens is 3. The van der Waals surface area contributed by atoms with Crippen LogP contribution >= 0.6 is 0 Å². The number of aryl methyl sites for hydroxylation is 1. The van der Waals surface area contributed by atoms with Gasteiger partial charge in [0.05, 0.1) is 0 Å². The summed E-state index contributed by atoms with van der Waals surface area (Å²) in [4.78, 5) is 3.83. The van der Waals surface area contributed by atoms with Crippen molar-refractivity contribution in [2.45, 2.75) is 13.1 Å². The Morgan fingerprint density at radius 1 is 1.41 bits per heavy atom. The number of anilines is 1. The summed E-state index contributed by atoms with van der Waals surface area (Å²) >= 11 is 0. The van der Waals surface area contributed by atoms with Crippen molar-refractivity contribution in [1.29, 1.82) is 0 Å². The summed E-state index contributed by atoms with van der Waals surface area (Å²) in [6, 6.07) is 3.38. The molecule has 17 heavy (non-hydrogen) atoms. The first kappa shape index (κ1) is 11.5. The zero-order valence-corrected chi connectivity index (χ0v) is 8.80. The number of aromatic amines is 1. The molecule has 0 radical (unpaired) electrons. The minimum Gasteiger partial charge on any atom is -0.458 e. The van der Waals surface area contributed by atoms with Gasteiger partial charge in [-0.05, 0) is 19.1 Å². The summed E-state index contributed by atoms with van der Waals surface area (Å²) in [5.41, 5.74) is 0. The van der Waals surface area contributed by atoms with E-state index in [1.807, 2.05) is 0 Å². The molecule has 0 unspecified atom stereocenters. The molecule has 2 aromatic rings. The lowest BCUT2D eigenvalue weighted by Gasteiger charge is -2.04. The number of aromatic nitrogens is 3. The van der Waals surface area contributed by atoms with Gasteiger partial charge in [0.1, 0.15) is 12.3 Å². The third-order valence-corrected chi connectivity index (χ3v) is 1.91. The Morgan fingerprint density at radius 3 is 2.76 bits per heavy atom. The van der Waals surface area contributed by atoms with Crippen molar-refractivity contribution in [3.05, 3.63) is 17.9 Å². The van der Waals surface area contributed by atoms with E-state index in [9.17, 15) is 13.2 Å². The molecule has 0 saturated carbocycles. The van der Waals surface area contributed by atoms with E-state index < -0.39 is 12.7 Å². The molecule has 0 spiro atoms. The fourth-order valence-electron chi connectivity index (χ4n) is 1.19. The third-order valence-electron chi connectivity index (χ3n) is 1.91. The molecule has 0 amide bonds. The molecule has 0 aromatic carbocycles. The van der Waals surface area contributed by atoms with Crippen molar-refractivity contribution in [2.24, 2.45) is 0 Å². The molecule has 0 aliphatic carbocycles. The summed E-state index contributed by atoms with van der Waals surface area (Å²) in [6.07, 6.45) is -4.30. The molecule has 2 heterocycles. The normalized spacial score (nSPS) is 11.8. The predicted molar refractivity (Wildman–Crippen MR) is 53.4 cm³/mol. The predicted octanol–water partition coefficient (Wildman–Crippen LogP) is 2.35. The maximum Gasteiger partial charge on any atom is 0.405 e. The van der Waals surface area contributed by atoms with Crippen LogP contribution in [0.5, 0.6) is 0 Å². The largest absolute Gasteiger partial charge is 0.458 e. The smallest absolute Gasteiger partial charge is 0.405 e. The van der Waals surface area contributed by atoms with Crippen LogP contribution in [0, 0.1) is 6.92 Å². The van der Waals surface area contributed by atoms with Crippen molar-refractivity contribution >= 4 is 5.95 Å². The molecule has 0 atom stereocenters. The summed E-state index contributed by atoms with van der Waals surface area (Å²) in [7, 11) is 0. The van der Waals surface area contributed by atoms with Crippen LogP contribution in [0.25, 0.3) is 11.6 Å². The highest BCUT2D eigenvalue weighted by Crippen LogP contribution is 2.19. The SMILES string of the molecule is Cc1ccc(-c2nc(NCC(F)(F)F)n[nH]2)o1. The minimum atomic E-state index is -4.30. The molecule has 0 bridgehead atoms. The highest BCUT2D eigenvalue weighted by Gasteiger charge is 2.27. The summed E-state index contributed by atoms with van der Waals surface area (Å²) in [6.45, 7) is 0.574. The maximum absolute atomic E-state index is 11.9. The Bertz CT molecular complexity index is 502. The molecule has 0 aliphatic rings. The lowest BCUT2D eigenvalue weighted by Crippen LogP contribution is -2.21. The number of H-pyrrole nitrogens is 1. The molecule has 8 heteroatoms. The molecule has 2 aromatic heterocycles. The van der Waals surface area contributed by atoms with Crippen molar-refractivity contribution in [3.8, 4) is 11.6 Å². The number of hydrogen-bond donors (Lipinski definition) is 2. The molecule has 92 valence electrons. The van der Waals surface area contributed by atoms with Gasteiger partial charge in [0.25, 0.3) is 0 Å². The highest BCUT2D eigenvalue weighted by molar-refractivity contribution is 5.48. The van der Waals surface area contributed by atoms with Gasteiger partial charge in [-0.25, -0.2) is 0 Å². The van der Waals surface area contributed by atoms with Gasteiger partial charge >= 0.3 is 6.18 Å². The van der Waals surface area contributed by atoms with Crippen LogP contribution in [-0.4, -0.2) is 27.9 Å². The van der Waals surface area contributed by atoms with Gasteiger partial charge in [-0.3, -0.25) is 5.10 Å². The minimum absolute atomic E-state index is 0.119. The Labute approximate surface area is 94.0 Å². The number of furan rings is 1. The highest BCUT2D eigenvalue weighted by atomic mass is 19.4. The van der Waals surface area contributed by atoms with E-state index in [-0.39, 0.29) is 11.8 Å². The first-order valence-corrected chi connectivity index (χ1v) is 4.74. The fraction of sp³-hybridized carbons (Fsp3) is 0.333. The quantitative estimate of drug-likeness (QED) is 0.872. The van der Waals surface area contributed by atoms with Crippen LogP contribution in [0.15, 0.2) is 16.5 Å². The van der Waals surface area contributed by atoms with Crippen molar-refractivity contribution in [1.82, 2.24) is 15.2 Å². The van der Waals surface area contributed by atoms with Gasteiger partial charge in [0.2, 0.25) is 5.95 Å². The standard InChI is InChI=1S/C9H9F3N4O/c1-5-2-3-6(17-5)7-14-8(16-15-7)13-4-9(10,11)12/h2-3H,4H2,1H3,(H2,13,14,15,16). The molecule has 5 nitrogen and oxygen atoms in total. The Balaban J connectivity index is 2.06. The second kappa shape index (κ2) is 4.11. The molecule has 0 fully saturated rings. The van der Waals surface area contributed by atoms with Crippen LogP contribution < -0.4 is 5.32 Å². The van der Waals surface area contributed by atoms with Gasteiger partial charge in [0, 0.05) is 0 Å². The summed E-state index contributed by atoms with van der Waals surface area (Å²) in [5.74, 6) is 1.27. The summed E-state index contributed by atoms with van der Waals surface area (Å²) < 4.78 is 41.0. The van der Waals surface area contributed by atoms with Crippen LogP contribution in [0.4, 0.5) is 19.1 Å². The Kier molecular flexibility index (Phi) is 2.78. The lowest BCUT2D eigenvalue weighted by molar-refractivity contribution is -0.115. The number of rotatable bonds is 3. The fourth-order valence-corrected chi connectivity index (χ4v) is 1.19. The number of nitrogens with one attached hydrogen (secondary N) is 2. The average Bonchev–Trinajstić information content (AvgIpc) is 2.81. The molecule has 0 aliphatic heterocycles. The first-order chi connectivity index (χ1) is 7.94. The Morgan fingerprint density at radius 2 is 2.18 bits per heavy atom. The van der Waals surface area contributed by atoms with Gasteiger partial charge in [0.15, 0.2) is 11.6 Å². The van der Waals surface area contributed by atoms with Gasteiger partial charge in [-0.2, -0.15) is 18.2 Å². The van der Waals surface area contributed by atoms with E-state index >= 15 is 0 Å². The van der Waals surface area contributed by atoms with E-state index in [0.717, 1.165) is 0 Å². The van der Waals surface area contributed by atoms with Gasteiger partial charge in [-0.15, -0.1) is 5.10 Å². The van der Waals surface area contributed by atoms with E-state index in [1.54, 1.807) is 19.1 Å². The molecule has 0 saturated heterocycles. The van der Waals surface area contributed by atoms with Crippen molar-refractivity contribution < 1.29 is 17.6 Å². The number of alkyl halides is 3. The lowest BCUT2D eigenvalue weighted by atomic mass is 10.4. The zero-order valence-electron chi connectivity index (χ0n) is 8.80. The number of hydrogen-bond acceptors (Lipinski definition) is 4. The number of nitrogens with zero attached hydrogens (tertiary/aromatic N) is 2. The summed E-state index contributed by atoms with van der Waals surface area (Å²) in [5, 5.41) is 8.15. The first-order valence-electron chi connectivity index (χ1n) is 4.74. The topological polar surface area (TPSA) is 66.7 Å². The van der Waals surface area contributed by atoms with Crippen LogP contribution in [0.2, 0.25) is 0 Å². The molecular weight excluding hydrogens is 237 g/mol. The van der Waals surface area contributed by atoms with E-state index in [4.69, 9.17) is 4.42 Å². The second-order valence-corrected chi connectivity index (χ2v) is 3.39. The van der Waals surface area contributed by atoms with Crippen LogP contribution in [0.3, 0.4) is 0 Å². The van der Waals surface area contributed by atoms with E-state index in [1.165, 1.54) is 0 Å². The zero-order chi connectivity index (χ0) is 12.5. The van der Waals surface area contributed by atoms with Crippen molar-refractivity contribution in [2.75, 3.05) is 11.9 Å². The molecule has 2 N–H and O–H groups in total. The average molecular weight is 246 g/mol. The third kappa shape index (κ3) is 2.99. The Hall–Kier alpha value is -1.99. The van der Waals surface area contributed by atoms with E-state index in [0.29, 0.717) is 11.5 Å². The van der Waals surface area contributed by atoms with Crippen molar-refractivity contribution in [3.63, 3.8) is 0 Å². The monoisotopic (exact) mass is 246 g/mol. The van der Waals surface area contributed by atoms with Gasteiger partial charge < -0.3 is 9.73 Å². The molecular formula is C9H9F3N4O. The van der Waals surface area contributed by atoms with Crippen LogP contribution in [0.1, 0.15) is 5.76 Å². The second-order valence-electron chi connectivity index (χ2n) is 3.39.